The van der Waals surface area contributed by atoms with Gasteiger partial charge in [-0.25, -0.2) is 0 Å². The van der Waals surface area contributed by atoms with E-state index in [0.29, 0.717) is 18.8 Å². The SMILES string of the molecule is C=CC(=O)N1CC(C(CC)Nc2cc(-c3ccn(C)c(=O)c3)c[nH]c2=O)C1. The van der Waals surface area contributed by atoms with Gasteiger partial charge in [0.05, 0.1) is 0 Å². The lowest BCUT2D eigenvalue weighted by atomic mass is 9.89. The van der Waals surface area contributed by atoms with Crippen molar-refractivity contribution in [3.05, 3.63) is 64.0 Å². The van der Waals surface area contributed by atoms with E-state index in [1.807, 2.05) is 6.07 Å². The average molecular weight is 368 g/mol. The summed E-state index contributed by atoms with van der Waals surface area (Å²) in [6, 6.07) is 5.22. The van der Waals surface area contributed by atoms with Crippen molar-refractivity contribution >= 4 is 11.6 Å². The first-order chi connectivity index (χ1) is 12.9. The minimum atomic E-state index is -0.209. The first-order valence-electron chi connectivity index (χ1n) is 9.00. The predicted molar refractivity (Wildman–Crippen MR) is 106 cm³/mol. The van der Waals surface area contributed by atoms with Gasteiger partial charge in [-0.05, 0) is 30.2 Å². The number of amides is 1. The second-order valence-corrected chi connectivity index (χ2v) is 6.86. The molecule has 1 aliphatic rings. The number of hydrogen-bond acceptors (Lipinski definition) is 4. The van der Waals surface area contributed by atoms with E-state index in [0.717, 1.165) is 17.5 Å². The molecule has 0 radical (unpaired) electrons. The molecule has 0 saturated carbocycles. The van der Waals surface area contributed by atoms with Crippen molar-refractivity contribution in [2.24, 2.45) is 13.0 Å². The smallest absolute Gasteiger partial charge is 0.271 e. The number of pyridine rings is 2. The van der Waals surface area contributed by atoms with Gasteiger partial charge in [-0.3, -0.25) is 14.4 Å². The first-order valence-corrected chi connectivity index (χ1v) is 9.00. The molecule has 1 amide bonds. The number of nitrogens with zero attached hydrogens (tertiary/aromatic N) is 2. The molecule has 1 fully saturated rings. The summed E-state index contributed by atoms with van der Waals surface area (Å²) in [5.74, 6) is 0.220. The molecular formula is C20H24N4O3. The van der Waals surface area contributed by atoms with Crippen LogP contribution in [0.15, 0.2) is 52.8 Å². The van der Waals surface area contributed by atoms with Crippen LogP contribution in [0.5, 0.6) is 0 Å². The number of carbonyl (C=O) groups is 1. The summed E-state index contributed by atoms with van der Waals surface area (Å²) in [5, 5.41) is 3.32. The van der Waals surface area contributed by atoms with Gasteiger partial charge in [0.1, 0.15) is 5.69 Å². The number of rotatable bonds is 6. The second kappa shape index (κ2) is 7.65. The van der Waals surface area contributed by atoms with Crippen LogP contribution in [0.4, 0.5) is 5.69 Å². The van der Waals surface area contributed by atoms with E-state index < -0.39 is 0 Å². The van der Waals surface area contributed by atoms with Gasteiger partial charge in [0.25, 0.3) is 11.1 Å². The number of aryl methyl sites for hydroxylation is 1. The first kappa shape index (κ1) is 18.7. The van der Waals surface area contributed by atoms with Crippen molar-refractivity contribution in [1.29, 1.82) is 0 Å². The Hall–Kier alpha value is -3.09. The Morgan fingerprint density at radius 3 is 2.74 bits per heavy atom. The number of carbonyl (C=O) groups excluding carboxylic acids is 1. The van der Waals surface area contributed by atoms with Crippen molar-refractivity contribution < 1.29 is 4.79 Å². The Labute approximate surface area is 157 Å². The Kier molecular flexibility index (Phi) is 5.30. The summed E-state index contributed by atoms with van der Waals surface area (Å²) in [7, 11) is 1.69. The summed E-state index contributed by atoms with van der Waals surface area (Å²) >= 11 is 0. The van der Waals surface area contributed by atoms with Crippen LogP contribution in [0.1, 0.15) is 13.3 Å². The number of hydrogen-bond donors (Lipinski definition) is 2. The van der Waals surface area contributed by atoms with Gasteiger partial charge in [-0.1, -0.05) is 13.5 Å². The summed E-state index contributed by atoms with van der Waals surface area (Å²) in [5.41, 5.74) is 1.66. The molecule has 0 bridgehead atoms. The second-order valence-electron chi connectivity index (χ2n) is 6.86. The van der Waals surface area contributed by atoms with Crippen molar-refractivity contribution in [3.63, 3.8) is 0 Å². The van der Waals surface area contributed by atoms with E-state index in [9.17, 15) is 14.4 Å². The lowest BCUT2D eigenvalue weighted by molar-refractivity contribution is -0.132. The molecule has 7 nitrogen and oxygen atoms in total. The molecule has 2 aromatic heterocycles. The van der Waals surface area contributed by atoms with E-state index in [-0.39, 0.29) is 29.0 Å². The molecule has 3 heterocycles. The maximum Gasteiger partial charge on any atom is 0.271 e. The molecule has 1 aliphatic heterocycles. The zero-order chi connectivity index (χ0) is 19.6. The number of aromatic nitrogens is 2. The Balaban J connectivity index is 1.79. The minimum Gasteiger partial charge on any atom is -0.377 e. The van der Waals surface area contributed by atoms with Gasteiger partial charge < -0.3 is 19.8 Å². The Morgan fingerprint density at radius 2 is 2.11 bits per heavy atom. The standard InChI is InChI=1S/C20H24N4O3/c1-4-16(15-11-24(12-15)18(25)5-2)22-17-8-14(10-21-20(17)27)13-6-7-23(3)19(26)9-13/h5-10,15-16,22H,2,4,11-12H2,1,3H3,(H,21,27). The van der Waals surface area contributed by atoms with Gasteiger partial charge in [0, 0.05) is 56.1 Å². The molecule has 2 N–H and O–H groups in total. The third-order valence-electron chi connectivity index (χ3n) is 5.09. The topological polar surface area (TPSA) is 87.2 Å². The van der Waals surface area contributed by atoms with E-state index in [4.69, 9.17) is 0 Å². The molecule has 1 unspecified atom stereocenters. The van der Waals surface area contributed by atoms with Gasteiger partial charge >= 0.3 is 0 Å². The van der Waals surface area contributed by atoms with Gasteiger partial charge in [0.15, 0.2) is 0 Å². The van der Waals surface area contributed by atoms with Crippen LogP contribution in [0, 0.1) is 5.92 Å². The average Bonchev–Trinajstić information content (AvgIpc) is 2.63. The highest BCUT2D eigenvalue weighted by Crippen LogP contribution is 2.25. The van der Waals surface area contributed by atoms with Crippen LogP contribution in [-0.2, 0) is 11.8 Å². The molecular weight excluding hydrogens is 344 g/mol. The molecule has 1 saturated heterocycles. The molecule has 142 valence electrons. The Morgan fingerprint density at radius 1 is 1.37 bits per heavy atom. The number of H-pyrrole nitrogens is 1. The zero-order valence-corrected chi connectivity index (χ0v) is 15.6. The molecule has 27 heavy (non-hydrogen) atoms. The maximum absolute atomic E-state index is 12.3. The van der Waals surface area contributed by atoms with Gasteiger partial charge in [0.2, 0.25) is 5.91 Å². The fourth-order valence-electron chi connectivity index (χ4n) is 3.31. The van der Waals surface area contributed by atoms with Crippen LogP contribution in [-0.4, -0.2) is 39.5 Å². The Bertz CT molecular complexity index is 970. The molecule has 2 aromatic rings. The lowest BCUT2D eigenvalue weighted by Crippen LogP contribution is -2.55. The highest BCUT2D eigenvalue weighted by atomic mass is 16.2. The van der Waals surface area contributed by atoms with E-state index >= 15 is 0 Å². The van der Waals surface area contributed by atoms with Crippen molar-refractivity contribution in [2.45, 2.75) is 19.4 Å². The van der Waals surface area contributed by atoms with Crippen LogP contribution >= 0.6 is 0 Å². The summed E-state index contributed by atoms with van der Waals surface area (Å²) in [6.07, 6.45) is 5.46. The van der Waals surface area contributed by atoms with E-state index in [2.05, 4.69) is 23.8 Å². The lowest BCUT2D eigenvalue weighted by Gasteiger charge is -2.43. The van der Waals surface area contributed by atoms with Crippen molar-refractivity contribution in [3.8, 4) is 11.1 Å². The molecule has 0 aliphatic carbocycles. The molecule has 7 heteroatoms. The maximum atomic E-state index is 12.3. The fourth-order valence-corrected chi connectivity index (χ4v) is 3.31. The monoisotopic (exact) mass is 368 g/mol. The predicted octanol–water partition coefficient (Wildman–Crippen LogP) is 1.58. The van der Waals surface area contributed by atoms with Crippen LogP contribution in [0.3, 0.4) is 0 Å². The van der Waals surface area contributed by atoms with Crippen LogP contribution < -0.4 is 16.4 Å². The van der Waals surface area contributed by atoms with Crippen molar-refractivity contribution in [2.75, 3.05) is 18.4 Å². The highest BCUT2D eigenvalue weighted by molar-refractivity contribution is 5.87. The van der Waals surface area contributed by atoms with Crippen LogP contribution in [0.2, 0.25) is 0 Å². The number of aromatic amines is 1. The number of nitrogens with one attached hydrogen (secondary N) is 2. The van der Waals surface area contributed by atoms with Crippen LogP contribution in [0.25, 0.3) is 11.1 Å². The summed E-state index contributed by atoms with van der Waals surface area (Å²) in [6.45, 7) is 6.87. The molecule has 0 spiro atoms. The molecule has 1 atom stereocenters. The third-order valence-corrected chi connectivity index (χ3v) is 5.09. The minimum absolute atomic E-state index is 0.0633. The van der Waals surface area contributed by atoms with Crippen molar-refractivity contribution in [1.82, 2.24) is 14.5 Å². The molecule has 3 rings (SSSR count). The summed E-state index contributed by atoms with van der Waals surface area (Å²) in [4.78, 5) is 40.2. The quantitative estimate of drug-likeness (QED) is 0.758. The fraction of sp³-hybridized carbons (Fsp3) is 0.350. The summed E-state index contributed by atoms with van der Waals surface area (Å²) < 4.78 is 1.49. The number of likely N-dealkylation sites (tertiary alicyclic amines) is 1. The van der Waals surface area contributed by atoms with E-state index in [1.54, 1.807) is 36.5 Å². The van der Waals surface area contributed by atoms with E-state index in [1.165, 1.54) is 10.6 Å². The number of anilines is 1. The van der Waals surface area contributed by atoms with Gasteiger partial charge in [-0.2, -0.15) is 0 Å². The molecule has 0 aromatic carbocycles. The zero-order valence-electron chi connectivity index (χ0n) is 15.6. The largest absolute Gasteiger partial charge is 0.377 e. The highest BCUT2D eigenvalue weighted by Gasteiger charge is 2.34. The normalized spacial score (nSPS) is 15.1. The van der Waals surface area contributed by atoms with Gasteiger partial charge in [-0.15, -0.1) is 0 Å². The third kappa shape index (κ3) is 3.86.